The van der Waals surface area contributed by atoms with E-state index >= 15 is 0 Å². The van der Waals surface area contributed by atoms with E-state index in [4.69, 9.17) is 14.3 Å². The summed E-state index contributed by atoms with van der Waals surface area (Å²) >= 11 is 0. The monoisotopic (exact) mass is 518 g/mol. The number of amides is 1. The minimum Gasteiger partial charge on any atom is -0.493 e. The molecule has 1 fully saturated rings. The summed E-state index contributed by atoms with van der Waals surface area (Å²) in [6.45, 7) is 2.68. The van der Waals surface area contributed by atoms with Crippen LogP contribution in [0, 0.1) is 12.8 Å². The lowest BCUT2D eigenvalue weighted by atomic mass is 9.86. The third kappa shape index (κ3) is 8.20. The predicted octanol–water partition coefficient (Wildman–Crippen LogP) is 6.27. The number of carbonyl (C=O) groups excluding carboxylic acids is 1. The number of ether oxygens (including phenoxy) is 1. The van der Waals surface area contributed by atoms with Gasteiger partial charge in [-0.15, -0.1) is 0 Å². The van der Waals surface area contributed by atoms with Crippen LogP contribution in [-0.4, -0.2) is 28.6 Å². The first-order valence-corrected chi connectivity index (χ1v) is 13.7. The number of aliphatic carboxylic acids is 1. The maximum atomic E-state index is 12.5. The molecular formula is C31H38N2O5. The largest absolute Gasteiger partial charge is 0.493 e. The van der Waals surface area contributed by atoms with Crippen molar-refractivity contribution in [3.63, 3.8) is 0 Å². The molecule has 1 saturated carbocycles. The molecule has 0 spiro atoms. The Hall–Kier alpha value is -3.61. The molecule has 2 N–H and O–H groups in total. The van der Waals surface area contributed by atoms with E-state index in [1.54, 1.807) is 0 Å². The van der Waals surface area contributed by atoms with Crippen LogP contribution in [0.2, 0.25) is 0 Å². The Morgan fingerprint density at radius 2 is 1.82 bits per heavy atom. The number of nitrogens with zero attached hydrogens (tertiary/aromatic N) is 1. The summed E-state index contributed by atoms with van der Waals surface area (Å²) in [6.07, 6.45) is 8.83. The Morgan fingerprint density at radius 1 is 1.03 bits per heavy atom. The number of aryl methyl sites for hydroxylation is 2. The van der Waals surface area contributed by atoms with Crippen LogP contribution in [0.1, 0.15) is 73.9 Å². The highest BCUT2D eigenvalue weighted by atomic mass is 16.5. The molecule has 7 nitrogen and oxygen atoms in total. The summed E-state index contributed by atoms with van der Waals surface area (Å²) in [6, 6.07) is 15.5. The molecule has 1 aliphatic carbocycles. The van der Waals surface area contributed by atoms with Crippen LogP contribution in [0.5, 0.6) is 5.75 Å². The number of carboxylic acid groups (broad SMARTS) is 1. The molecule has 0 bridgehead atoms. The minimum absolute atomic E-state index is 0.0397. The first-order valence-electron chi connectivity index (χ1n) is 13.7. The van der Waals surface area contributed by atoms with Crippen LogP contribution in [0.15, 0.2) is 52.9 Å². The van der Waals surface area contributed by atoms with Gasteiger partial charge in [-0.3, -0.25) is 9.59 Å². The molecule has 0 aliphatic heterocycles. The molecule has 4 rings (SSSR count). The summed E-state index contributed by atoms with van der Waals surface area (Å²) < 4.78 is 11.9. The van der Waals surface area contributed by atoms with Gasteiger partial charge in [-0.2, -0.15) is 0 Å². The van der Waals surface area contributed by atoms with Crippen LogP contribution in [-0.2, 0) is 29.0 Å². The topological polar surface area (TPSA) is 102 Å². The summed E-state index contributed by atoms with van der Waals surface area (Å²) in [5.74, 6) is 1.91. The van der Waals surface area contributed by atoms with E-state index in [1.807, 2.05) is 55.5 Å². The number of carbonyl (C=O) groups is 2. The normalized spacial score (nSPS) is 13.8. The van der Waals surface area contributed by atoms with Crippen LogP contribution < -0.4 is 10.1 Å². The standard InChI is InChI=1S/C31H38N2O5/c1-22-28(33-31(38-22)25-10-6-3-7-11-25)18-19-37-27-15-13-24(14-17-30(35)36)26(20-27)21-32-29(34)16-12-23-8-4-2-5-9-23/h3,6-7,10-11,13,15,20,23H,2,4-5,8-9,12,14,16-19,21H2,1H3,(H,32,34)(H,35,36). The molecule has 1 aromatic heterocycles. The van der Waals surface area contributed by atoms with Crippen molar-refractivity contribution < 1.29 is 23.8 Å². The molecule has 0 radical (unpaired) electrons. The average molecular weight is 519 g/mol. The molecule has 202 valence electrons. The van der Waals surface area contributed by atoms with Crippen molar-refractivity contribution in [1.29, 1.82) is 0 Å². The van der Waals surface area contributed by atoms with E-state index in [9.17, 15) is 9.59 Å². The number of oxazole rings is 1. The molecule has 0 unspecified atom stereocenters. The molecule has 1 amide bonds. The quantitative estimate of drug-likeness (QED) is 0.277. The van der Waals surface area contributed by atoms with E-state index in [1.165, 1.54) is 32.1 Å². The smallest absolute Gasteiger partial charge is 0.303 e. The van der Waals surface area contributed by atoms with Gasteiger partial charge in [0.1, 0.15) is 11.5 Å². The predicted molar refractivity (Wildman–Crippen MR) is 146 cm³/mol. The van der Waals surface area contributed by atoms with Crippen LogP contribution >= 0.6 is 0 Å². The van der Waals surface area contributed by atoms with Crippen molar-refractivity contribution in [2.45, 2.75) is 77.7 Å². The zero-order valence-electron chi connectivity index (χ0n) is 22.2. The number of hydrogen-bond donors (Lipinski definition) is 2. The highest BCUT2D eigenvalue weighted by molar-refractivity contribution is 5.76. The van der Waals surface area contributed by atoms with Crippen LogP contribution in [0.4, 0.5) is 0 Å². The van der Waals surface area contributed by atoms with Gasteiger partial charge in [0.2, 0.25) is 11.8 Å². The third-order valence-electron chi connectivity index (χ3n) is 7.29. The summed E-state index contributed by atoms with van der Waals surface area (Å²) in [7, 11) is 0. The highest BCUT2D eigenvalue weighted by Crippen LogP contribution is 2.27. The average Bonchev–Trinajstić information content (AvgIpc) is 3.31. The minimum atomic E-state index is -0.842. The molecule has 0 atom stereocenters. The van der Waals surface area contributed by atoms with E-state index in [2.05, 4.69) is 10.3 Å². The van der Waals surface area contributed by atoms with Crippen LogP contribution in [0.3, 0.4) is 0 Å². The second-order valence-corrected chi connectivity index (χ2v) is 10.1. The van der Waals surface area contributed by atoms with E-state index < -0.39 is 5.97 Å². The van der Waals surface area contributed by atoms with Gasteiger partial charge in [-0.1, -0.05) is 56.4 Å². The van der Waals surface area contributed by atoms with Crippen molar-refractivity contribution >= 4 is 11.9 Å². The number of aromatic nitrogens is 1. The summed E-state index contributed by atoms with van der Waals surface area (Å²) in [4.78, 5) is 28.3. The van der Waals surface area contributed by atoms with Gasteiger partial charge < -0.3 is 19.6 Å². The zero-order valence-corrected chi connectivity index (χ0v) is 22.2. The number of hydrogen-bond acceptors (Lipinski definition) is 5. The first kappa shape index (κ1) is 27.4. The first-order chi connectivity index (χ1) is 18.5. The molecule has 38 heavy (non-hydrogen) atoms. The number of benzene rings is 2. The van der Waals surface area contributed by atoms with Gasteiger partial charge in [-0.05, 0) is 61.1 Å². The molecule has 1 aliphatic rings. The fraction of sp³-hybridized carbons (Fsp3) is 0.452. The summed E-state index contributed by atoms with van der Waals surface area (Å²) in [5, 5.41) is 12.2. The van der Waals surface area contributed by atoms with Gasteiger partial charge in [0.15, 0.2) is 0 Å². The fourth-order valence-electron chi connectivity index (χ4n) is 5.07. The van der Waals surface area contributed by atoms with E-state index in [0.717, 1.165) is 34.6 Å². The Bertz CT molecular complexity index is 1200. The van der Waals surface area contributed by atoms with Crippen molar-refractivity contribution in [3.05, 3.63) is 71.1 Å². The Labute approximate surface area is 224 Å². The van der Waals surface area contributed by atoms with Gasteiger partial charge >= 0.3 is 5.97 Å². The maximum Gasteiger partial charge on any atom is 0.303 e. The Kier molecular flexibility index (Phi) is 9.96. The lowest BCUT2D eigenvalue weighted by Crippen LogP contribution is -2.24. The van der Waals surface area contributed by atoms with Crippen molar-refractivity contribution in [3.8, 4) is 17.2 Å². The number of rotatable bonds is 13. The lowest BCUT2D eigenvalue weighted by molar-refractivity contribution is -0.137. The SMILES string of the molecule is Cc1oc(-c2ccccc2)nc1CCOc1ccc(CCC(=O)O)c(CNC(=O)CCC2CCCCC2)c1. The summed E-state index contributed by atoms with van der Waals surface area (Å²) in [5.41, 5.74) is 3.59. The number of nitrogens with one attached hydrogen (secondary N) is 1. The van der Waals surface area contributed by atoms with E-state index in [0.29, 0.717) is 50.0 Å². The molecular weight excluding hydrogens is 480 g/mol. The van der Waals surface area contributed by atoms with E-state index in [-0.39, 0.29) is 12.3 Å². The Morgan fingerprint density at radius 3 is 2.58 bits per heavy atom. The Balaban J connectivity index is 1.33. The molecule has 0 saturated heterocycles. The van der Waals surface area contributed by atoms with Gasteiger partial charge in [0.05, 0.1) is 12.3 Å². The molecule has 2 aromatic carbocycles. The highest BCUT2D eigenvalue weighted by Gasteiger charge is 2.16. The van der Waals surface area contributed by atoms with Crippen molar-refractivity contribution in [2.75, 3.05) is 6.61 Å². The second-order valence-electron chi connectivity index (χ2n) is 10.1. The van der Waals surface area contributed by atoms with Gasteiger partial charge in [-0.25, -0.2) is 4.98 Å². The van der Waals surface area contributed by atoms with Crippen LogP contribution in [0.25, 0.3) is 11.5 Å². The zero-order chi connectivity index (χ0) is 26.7. The third-order valence-corrected chi connectivity index (χ3v) is 7.29. The second kappa shape index (κ2) is 13.8. The van der Waals surface area contributed by atoms with Gasteiger partial charge in [0, 0.05) is 31.4 Å². The number of carboxylic acids is 1. The maximum absolute atomic E-state index is 12.5. The van der Waals surface area contributed by atoms with Crippen molar-refractivity contribution in [1.82, 2.24) is 10.3 Å². The van der Waals surface area contributed by atoms with Gasteiger partial charge in [0.25, 0.3) is 0 Å². The molecule has 3 aromatic rings. The van der Waals surface area contributed by atoms with Crippen molar-refractivity contribution in [2.24, 2.45) is 5.92 Å². The lowest BCUT2D eigenvalue weighted by Gasteiger charge is -2.21. The molecule has 1 heterocycles. The molecule has 7 heteroatoms. The fourth-order valence-corrected chi connectivity index (χ4v) is 5.07.